The van der Waals surface area contributed by atoms with Crippen molar-refractivity contribution in [2.75, 3.05) is 7.11 Å². The van der Waals surface area contributed by atoms with Gasteiger partial charge in [0.2, 0.25) is 0 Å². The van der Waals surface area contributed by atoms with Crippen LogP contribution in [0.15, 0.2) is 35.7 Å². The van der Waals surface area contributed by atoms with Gasteiger partial charge in [0.25, 0.3) is 7.11 Å². The van der Waals surface area contributed by atoms with E-state index in [2.05, 4.69) is 0 Å². The summed E-state index contributed by atoms with van der Waals surface area (Å²) in [6.07, 6.45) is 6.98. The van der Waals surface area contributed by atoms with Crippen molar-refractivity contribution in [3.8, 4) is 0 Å². The van der Waals surface area contributed by atoms with E-state index in [0.29, 0.717) is 5.57 Å². The van der Waals surface area contributed by atoms with E-state index in [1.165, 1.54) is 0 Å². The summed E-state index contributed by atoms with van der Waals surface area (Å²) in [7, 11) is 1.59. The fourth-order valence-electron chi connectivity index (χ4n) is 1.08. The second-order valence-corrected chi connectivity index (χ2v) is 3.23. The lowest BCUT2D eigenvalue weighted by Crippen LogP contribution is -1.99. The largest absolute Gasteiger partial charge is 0.343 e. The zero-order valence-corrected chi connectivity index (χ0v) is 8.17. The third kappa shape index (κ3) is 2.38. The number of carbonyl (C=O) groups excluding carboxylic acids is 1. The molecule has 0 atom stereocenters. The van der Waals surface area contributed by atoms with Gasteiger partial charge in [0.05, 0.1) is 0 Å². The monoisotopic (exact) mass is 181 g/mol. The van der Waals surface area contributed by atoms with E-state index in [0.717, 1.165) is 5.78 Å². The molecular weight excluding hydrogens is 167 g/mol. The first-order chi connectivity index (χ1) is 6.15. The normalized spacial score (nSPS) is 15.5. The number of halogens is 1. The van der Waals surface area contributed by atoms with Crippen LogP contribution in [0.5, 0.6) is 0 Å². The number of rotatable bonds is 1. The molecule has 0 aromatic heterocycles. The van der Waals surface area contributed by atoms with Gasteiger partial charge in [-0.3, -0.25) is 4.42 Å². The first-order valence-electron chi connectivity index (χ1n) is 4.32. The van der Waals surface area contributed by atoms with Gasteiger partial charge in [-0.1, -0.05) is 13.8 Å². The topological polar surface area (TPSA) is 11.3 Å². The van der Waals surface area contributed by atoms with Gasteiger partial charge in [0, 0.05) is 23.6 Å². The standard InChI is InChI=1S/C11H14FO/c1-8(2)11(12)9-4-6-10(13-3)7-5-9/h4-8H,1-3H3/q+1. The molecule has 1 nitrogen and oxygen atoms in total. The Kier molecular flexibility index (Phi) is 3.18. The number of hydrogen-bond donors (Lipinski definition) is 0. The molecule has 1 aliphatic rings. The van der Waals surface area contributed by atoms with Gasteiger partial charge in [0.15, 0.2) is 0 Å². The van der Waals surface area contributed by atoms with Gasteiger partial charge in [-0.05, 0) is 12.2 Å². The fourth-order valence-corrected chi connectivity index (χ4v) is 1.08. The molecule has 2 heteroatoms. The van der Waals surface area contributed by atoms with E-state index >= 15 is 0 Å². The van der Waals surface area contributed by atoms with Crippen LogP contribution < -0.4 is 0 Å². The minimum Gasteiger partial charge on any atom is -0.258 e. The van der Waals surface area contributed by atoms with Crippen molar-refractivity contribution in [2.24, 2.45) is 5.92 Å². The molecule has 0 radical (unpaired) electrons. The highest BCUT2D eigenvalue weighted by atomic mass is 19.1. The molecule has 0 aromatic carbocycles. The van der Waals surface area contributed by atoms with Crippen LogP contribution >= 0.6 is 0 Å². The molecule has 0 saturated carbocycles. The van der Waals surface area contributed by atoms with Crippen LogP contribution in [-0.4, -0.2) is 12.9 Å². The van der Waals surface area contributed by atoms with Crippen LogP contribution in [0.1, 0.15) is 13.8 Å². The molecule has 0 aliphatic heterocycles. The van der Waals surface area contributed by atoms with Crippen molar-refractivity contribution >= 4 is 5.78 Å². The number of hydrogen-bond acceptors (Lipinski definition) is 0. The first kappa shape index (κ1) is 9.90. The molecule has 0 N–H and O–H groups in total. The van der Waals surface area contributed by atoms with E-state index in [9.17, 15) is 4.39 Å². The van der Waals surface area contributed by atoms with Crippen molar-refractivity contribution in [3.05, 3.63) is 35.7 Å². The SMILES string of the molecule is C[O+]=C1C=CC(=C(F)C(C)C)C=C1. The molecule has 70 valence electrons. The lowest BCUT2D eigenvalue weighted by atomic mass is 10.0. The molecule has 0 saturated heterocycles. The Hall–Kier alpha value is -1.18. The minimum absolute atomic E-state index is 0.0617. The van der Waals surface area contributed by atoms with E-state index < -0.39 is 0 Å². The fraction of sp³-hybridized carbons (Fsp3) is 0.364. The highest BCUT2D eigenvalue weighted by Gasteiger charge is 2.11. The van der Waals surface area contributed by atoms with Crippen LogP contribution in [0.3, 0.4) is 0 Å². The highest BCUT2D eigenvalue weighted by Crippen LogP contribution is 2.20. The van der Waals surface area contributed by atoms with Crippen LogP contribution in [0.4, 0.5) is 4.39 Å². The molecule has 0 unspecified atom stereocenters. The predicted octanol–water partition coefficient (Wildman–Crippen LogP) is 2.73. The summed E-state index contributed by atoms with van der Waals surface area (Å²) in [6, 6.07) is 0. The zero-order valence-electron chi connectivity index (χ0n) is 8.17. The predicted molar refractivity (Wildman–Crippen MR) is 52.2 cm³/mol. The number of allylic oxidation sites excluding steroid dienone is 6. The molecule has 13 heavy (non-hydrogen) atoms. The summed E-state index contributed by atoms with van der Waals surface area (Å²) < 4.78 is 18.3. The van der Waals surface area contributed by atoms with Gasteiger partial charge < -0.3 is 0 Å². The van der Waals surface area contributed by atoms with Gasteiger partial charge in [-0.15, -0.1) is 0 Å². The molecule has 1 aliphatic carbocycles. The second kappa shape index (κ2) is 4.17. The summed E-state index contributed by atoms with van der Waals surface area (Å²) in [6.45, 7) is 3.67. The molecule has 0 amide bonds. The summed E-state index contributed by atoms with van der Waals surface area (Å²) in [5, 5.41) is 0. The van der Waals surface area contributed by atoms with Crippen molar-refractivity contribution < 1.29 is 8.82 Å². The summed E-state index contributed by atoms with van der Waals surface area (Å²) >= 11 is 0. The number of ketones is 1. The van der Waals surface area contributed by atoms with Gasteiger partial charge in [-0.2, -0.15) is 0 Å². The Morgan fingerprint density at radius 3 is 2.15 bits per heavy atom. The lowest BCUT2D eigenvalue weighted by Gasteiger charge is -2.05. The van der Waals surface area contributed by atoms with Gasteiger partial charge in [0.1, 0.15) is 5.83 Å². The Bertz CT molecular complexity index is 288. The third-order valence-corrected chi connectivity index (χ3v) is 1.87. The molecule has 0 spiro atoms. The van der Waals surface area contributed by atoms with Crippen molar-refractivity contribution in [1.29, 1.82) is 0 Å². The van der Waals surface area contributed by atoms with Gasteiger partial charge >= 0.3 is 5.78 Å². The zero-order chi connectivity index (χ0) is 9.84. The second-order valence-electron chi connectivity index (χ2n) is 3.23. The maximum Gasteiger partial charge on any atom is 0.343 e. The lowest BCUT2D eigenvalue weighted by molar-refractivity contribution is -0.417. The average molecular weight is 181 g/mol. The molecule has 0 heterocycles. The molecule has 1 rings (SSSR count). The Morgan fingerprint density at radius 1 is 1.23 bits per heavy atom. The molecule has 0 aromatic rings. The molecular formula is C11H14FO+. The highest BCUT2D eigenvalue weighted by molar-refractivity contribution is 6.01. The molecule has 0 fully saturated rings. The van der Waals surface area contributed by atoms with E-state index in [4.69, 9.17) is 4.42 Å². The van der Waals surface area contributed by atoms with Crippen molar-refractivity contribution in [1.82, 2.24) is 0 Å². The Morgan fingerprint density at radius 2 is 1.77 bits per heavy atom. The first-order valence-corrected chi connectivity index (χ1v) is 4.32. The van der Waals surface area contributed by atoms with Crippen LogP contribution in [0, 0.1) is 5.92 Å². The van der Waals surface area contributed by atoms with Crippen molar-refractivity contribution in [3.63, 3.8) is 0 Å². The average Bonchev–Trinajstić information content (AvgIpc) is 2.17. The molecule has 0 bridgehead atoms. The van der Waals surface area contributed by atoms with Crippen LogP contribution in [0.2, 0.25) is 0 Å². The van der Waals surface area contributed by atoms with E-state index in [1.54, 1.807) is 31.4 Å². The summed E-state index contributed by atoms with van der Waals surface area (Å²) in [5.41, 5.74) is 0.635. The summed E-state index contributed by atoms with van der Waals surface area (Å²) in [4.78, 5) is 0. The maximum atomic E-state index is 13.4. The van der Waals surface area contributed by atoms with E-state index in [1.807, 2.05) is 13.8 Å². The van der Waals surface area contributed by atoms with Gasteiger partial charge in [-0.25, -0.2) is 4.39 Å². The maximum absolute atomic E-state index is 13.4. The van der Waals surface area contributed by atoms with Crippen LogP contribution in [0.25, 0.3) is 0 Å². The Labute approximate surface area is 78.0 Å². The Balaban J connectivity index is 2.91. The van der Waals surface area contributed by atoms with Crippen molar-refractivity contribution in [2.45, 2.75) is 13.8 Å². The third-order valence-electron chi connectivity index (χ3n) is 1.87. The quantitative estimate of drug-likeness (QED) is 0.551. The van der Waals surface area contributed by atoms with Crippen LogP contribution in [-0.2, 0) is 4.42 Å². The summed E-state index contributed by atoms with van der Waals surface area (Å²) in [5.74, 6) is 0.608. The van der Waals surface area contributed by atoms with E-state index in [-0.39, 0.29) is 11.7 Å². The smallest absolute Gasteiger partial charge is 0.258 e. The minimum atomic E-state index is -0.0809.